The second kappa shape index (κ2) is 7.01. The third kappa shape index (κ3) is 3.78. The molecule has 2 rings (SSSR count). The average molecular weight is 291 g/mol. The van der Waals surface area contributed by atoms with Gasteiger partial charge in [0.25, 0.3) is 0 Å². The summed E-state index contributed by atoms with van der Waals surface area (Å²) in [5, 5.41) is 8.17. The Kier molecular flexibility index (Phi) is 5.07. The molecule has 0 unspecified atom stereocenters. The van der Waals surface area contributed by atoms with Crippen LogP contribution in [0.4, 0.5) is 0 Å². The minimum absolute atomic E-state index is 0.508. The summed E-state index contributed by atoms with van der Waals surface area (Å²) in [6, 6.07) is 8.30. The fourth-order valence-electron chi connectivity index (χ4n) is 2.05. The van der Waals surface area contributed by atoms with Gasteiger partial charge in [-0.3, -0.25) is 4.99 Å². The lowest BCUT2D eigenvalue weighted by atomic mass is 10.1. The normalized spacial score (nSPS) is 11.6. The van der Waals surface area contributed by atoms with Crippen LogP contribution in [0.2, 0.25) is 0 Å². The van der Waals surface area contributed by atoms with Crippen LogP contribution in [0, 0.1) is 0 Å². The molecule has 1 aromatic heterocycles. The van der Waals surface area contributed by atoms with E-state index in [-0.39, 0.29) is 0 Å². The van der Waals surface area contributed by atoms with E-state index < -0.39 is 0 Å². The van der Waals surface area contributed by atoms with Crippen molar-refractivity contribution < 1.29 is 0 Å². The first kappa shape index (κ1) is 14.5. The minimum Gasteiger partial charge on any atom is -0.361 e. The summed E-state index contributed by atoms with van der Waals surface area (Å²) < 4.78 is 0. The zero-order valence-electron chi connectivity index (χ0n) is 11.5. The molecule has 1 aromatic carbocycles. The molecule has 0 fully saturated rings. The first-order valence-electron chi connectivity index (χ1n) is 6.53. The van der Waals surface area contributed by atoms with Crippen LogP contribution >= 0.6 is 11.6 Å². The maximum absolute atomic E-state index is 5.72. The number of hydrogen-bond donors (Lipinski definition) is 3. The fraction of sp³-hybridized carbons (Fsp3) is 0.267. The van der Waals surface area contributed by atoms with Crippen LogP contribution < -0.4 is 10.6 Å². The zero-order chi connectivity index (χ0) is 14.4. The lowest BCUT2D eigenvalue weighted by molar-refractivity contribution is 0.823. The van der Waals surface area contributed by atoms with Crippen molar-refractivity contribution in [1.29, 1.82) is 0 Å². The Balaban J connectivity index is 1.87. The number of nitrogens with zero attached hydrogens (tertiary/aromatic N) is 1. The Morgan fingerprint density at radius 2 is 2.15 bits per heavy atom. The molecule has 0 aliphatic carbocycles. The SMILES string of the molecule is C=C(Cl)CNC(=NC)NCCc1c[nH]c2ccccc12. The first-order valence-corrected chi connectivity index (χ1v) is 6.91. The number of aliphatic imine (C=N–C) groups is 1. The summed E-state index contributed by atoms with van der Waals surface area (Å²) in [7, 11) is 1.73. The van der Waals surface area contributed by atoms with Gasteiger partial charge in [-0.1, -0.05) is 36.4 Å². The van der Waals surface area contributed by atoms with Crippen molar-refractivity contribution in [2.24, 2.45) is 4.99 Å². The van der Waals surface area contributed by atoms with Crippen LogP contribution in [0.1, 0.15) is 5.56 Å². The maximum atomic E-state index is 5.72. The second-order valence-electron chi connectivity index (χ2n) is 4.48. The number of aromatic amines is 1. The van der Waals surface area contributed by atoms with Gasteiger partial charge >= 0.3 is 0 Å². The molecule has 0 atom stereocenters. The predicted molar refractivity (Wildman–Crippen MR) is 86.4 cm³/mol. The molecule has 0 amide bonds. The summed E-state index contributed by atoms with van der Waals surface area (Å²) in [5.74, 6) is 0.728. The number of H-pyrrole nitrogens is 1. The zero-order valence-corrected chi connectivity index (χ0v) is 12.3. The summed E-state index contributed by atoms with van der Waals surface area (Å²) in [5.41, 5.74) is 2.47. The van der Waals surface area contributed by atoms with Crippen LogP contribution in [0.3, 0.4) is 0 Å². The first-order chi connectivity index (χ1) is 9.70. The molecule has 0 aliphatic rings. The number of hydrogen-bond acceptors (Lipinski definition) is 1. The average Bonchev–Trinajstić information content (AvgIpc) is 2.86. The summed E-state index contributed by atoms with van der Waals surface area (Å²) in [6.07, 6.45) is 2.98. The molecular weight excluding hydrogens is 272 g/mol. The van der Waals surface area contributed by atoms with Crippen LogP contribution in [0.25, 0.3) is 10.9 Å². The molecule has 1 heterocycles. The minimum atomic E-state index is 0.508. The Morgan fingerprint density at radius 3 is 2.90 bits per heavy atom. The van der Waals surface area contributed by atoms with Gasteiger partial charge in [-0.25, -0.2) is 0 Å². The summed E-state index contributed by atoms with van der Waals surface area (Å²) in [6.45, 7) is 4.94. The third-order valence-electron chi connectivity index (χ3n) is 3.03. The highest BCUT2D eigenvalue weighted by Crippen LogP contribution is 2.17. The highest BCUT2D eigenvalue weighted by molar-refractivity contribution is 6.29. The number of nitrogens with one attached hydrogen (secondary N) is 3. The lowest BCUT2D eigenvalue weighted by Gasteiger charge is -2.10. The standard InChI is InChI=1S/C15H19ClN4/c1-11(16)9-20-15(17-2)18-8-7-12-10-19-14-6-4-3-5-13(12)14/h3-6,10,19H,1,7-9H2,2H3,(H2,17,18,20). The van der Waals surface area contributed by atoms with E-state index in [2.05, 4.69) is 51.6 Å². The van der Waals surface area contributed by atoms with Gasteiger partial charge in [-0.05, 0) is 18.1 Å². The fourth-order valence-corrected chi connectivity index (χ4v) is 2.12. The molecule has 0 radical (unpaired) electrons. The molecule has 0 aliphatic heterocycles. The van der Waals surface area contributed by atoms with Crippen molar-refractivity contribution in [2.45, 2.75) is 6.42 Å². The Bertz CT molecular complexity index is 615. The van der Waals surface area contributed by atoms with E-state index in [4.69, 9.17) is 11.6 Å². The van der Waals surface area contributed by atoms with Crippen molar-refractivity contribution in [2.75, 3.05) is 20.1 Å². The van der Waals surface area contributed by atoms with E-state index >= 15 is 0 Å². The van der Waals surface area contributed by atoms with Crippen LogP contribution in [0.5, 0.6) is 0 Å². The van der Waals surface area contributed by atoms with Gasteiger partial charge in [0.15, 0.2) is 5.96 Å². The van der Waals surface area contributed by atoms with Crippen LogP contribution in [-0.2, 0) is 6.42 Å². The van der Waals surface area contributed by atoms with E-state index in [0.717, 1.165) is 18.9 Å². The lowest BCUT2D eigenvalue weighted by Crippen LogP contribution is -2.38. The van der Waals surface area contributed by atoms with Gasteiger partial charge < -0.3 is 15.6 Å². The molecule has 0 saturated heterocycles. The Hall–Kier alpha value is -1.94. The van der Waals surface area contributed by atoms with Crippen molar-refractivity contribution in [3.05, 3.63) is 47.6 Å². The maximum Gasteiger partial charge on any atom is 0.191 e. The van der Waals surface area contributed by atoms with E-state index in [1.165, 1.54) is 16.5 Å². The van der Waals surface area contributed by atoms with E-state index in [9.17, 15) is 0 Å². The Morgan fingerprint density at radius 1 is 1.35 bits per heavy atom. The number of aromatic nitrogens is 1. The quantitative estimate of drug-likeness (QED) is 0.586. The monoisotopic (exact) mass is 290 g/mol. The van der Waals surface area contributed by atoms with Crippen molar-refractivity contribution in [1.82, 2.24) is 15.6 Å². The third-order valence-corrected chi connectivity index (χ3v) is 3.17. The highest BCUT2D eigenvalue weighted by atomic mass is 35.5. The summed E-state index contributed by atoms with van der Waals surface area (Å²) in [4.78, 5) is 7.41. The molecule has 2 aromatic rings. The van der Waals surface area contributed by atoms with Crippen LogP contribution in [0.15, 0.2) is 47.1 Å². The number of para-hydroxylation sites is 1. The van der Waals surface area contributed by atoms with Gasteiger partial charge in [0.05, 0.1) is 6.54 Å². The number of halogens is 1. The second-order valence-corrected chi connectivity index (χ2v) is 5.01. The molecule has 4 nitrogen and oxygen atoms in total. The van der Waals surface area contributed by atoms with Crippen molar-refractivity contribution in [3.8, 4) is 0 Å². The molecule has 0 saturated carbocycles. The van der Waals surface area contributed by atoms with E-state index in [1.807, 2.05) is 6.07 Å². The highest BCUT2D eigenvalue weighted by Gasteiger charge is 2.03. The number of guanidine groups is 1. The van der Waals surface area contributed by atoms with Gasteiger partial charge in [-0.2, -0.15) is 0 Å². The van der Waals surface area contributed by atoms with Crippen molar-refractivity contribution in [3.63, 3.8) is 0 Å². The van der Waals surface area contributed by atoms with Gasteiger partial charge in [0.2, 0.25) is 0 Å². The number of rotatable bonds is 5. The smallest absolute Gasteiger partial charge is 0.191 e. The van der Waals surface area contributed by atoms with Crippen molar-refractivity contribution >= 4 is 28.5 Å². The molecule has 3 N–H and O–H groups in total. The molecule has 0 spiro atoms. The molecular formula is C15H19ClN4. The largest absolute Gasteiger partial charge is 0.361 e. The summed E-state index contributed by atoms with van der Waals surface area (Å²) >= 11 is 5.72. The Labute approximate surface area is 123 Å². The molecule has 106 valence electrons. The molecule has 0 bridgehead atoms. The van der Waals surface area contributed by atoms with Gasteiger partial charge in [0, 0.05) is 35.7 Å². The van der Waals surface area contributed by atoms with Gasteiger partial charge in [0.1, 0.15) is 0 Å². The topological polar surface area (TPSA) is 52.2 Å². The predicted octanol–water partition coefficient (Wildman–Crippen LogP) is 2.63. The molecule has 20 heavy (non-hydrogen) atoms. The molecule has 5 heteroatoms. The van der Waals surface area contributed by atoms with Gasteiger partial charge in [-0.15, -0.1) is 0 Å². The number of fused-ring (bicyclic) bond motifs is 1. The van der Waals surface area contributed by atoms with Crippen LogP contribution in [-0.4, -0.2) is 31.1 Å². The van der Waals surface area contributed by atoms with E-state index in [0.29, 0.717) is 11.6 Å². The van der Waals surface area contributed by atoms with E-state index in [1.54, 1.807) is 7.05 Å². The number of benzene rings is 1.